The fourth-order valence-electron chi connectivity index (χ4n) is 0.495. The van der Waals surface area contributed by atoms with E-state index >= 15 is 0 Å². The molecule has 0 spiro atoms. The third-order valence-corrected chi connectivity index (χ3v) is 0.990. The quantitative estimate of drug-likeness (QED) is 0.280. The molecule has 1 aromatic rings. The molecule has 0 aliphatic rings. The molecule has 0 aliphatic carbocycles. The zero-order chi connectivity index (χ0) is 9.46. The van der Waals surface area contributed by atoms with Gasteiger partial charge in [-0.3, -0.25) is 0 Å². The first-order valence-corrected chi connectivity index (χ1v) is 2.44. The van der Waals surface area contributed by atoms with E-state index in [0.29, 0.717) is 0 Å². The zero-order valence-electron chi connectivity index (χ0n) is 5.19. The van der Waals surface area contributed by atoms with Gasteiger partial charge in [-0.2, -0.15) is 0 Å². The largest absolute Gasteiger partial charge is 1.00 e. The minimum Gasteiger partial charge on any atom is -0.207 e. The minimum atomic E-state index is -2.09. The van der Waals surface area contributed by atoms with Crippen molar-refractivity contribution in [3.8, 4) is 0 Å². The van der Waals surface area contributed by atoms with E-state index in [4.69, 9.17) is 0 Å². The van der Waals surface area contributed by atoms with Crippen LogP contribution < -0.4 is 5.46 Å². The fourth-order valence-corrected chi connectivity index (χ4v) is 0.495. The van der Waals surface area contributed by atoms with Crippen molar-refractivity contribution in [1.29, 1.82) is 0 Å². The van der Waals surface area contributed by atoms with E-state index in [9.17, 15) is 22.0 Å². The van der Waals surface area contributed by atoms with Crippen LogP contribution in [0.25, 0.3) is 0 Å². The van der Waals surface area contributed by atoms with Gasteiger partial charge >= 0.3 is 22.4 Å². The average Bonchev–Trinajstić information content (AvgIpc) is 2.08. The van der Waals surface area contributed by atoms with Crippen molar-refractivity contribution in [3.63, 3.8) is 0 Å². The summed E-state index contributed by atoms with van der Waals surface area (Å²) in [5, 5.41) is 0. The molecule has 0 amide bonds. The molecular weight excluding hydrogens is 286 g/mol. The molecular formula is C6H3AgBF5. The fraction of sp³-hybridized carbons (Fsp3) is 0. The SMILES string of the molecule is [Ag+].[BH3-]c1c(F)c(F)c(F)c(F)c1F. The average molecular weight is 289 g/mol. The van der Waals surface area contributed by atoms with Crippen LogP contribution in [-0.2, 0) is 22.4 Å². The Hall–Kier alpha value is -0.325. The Morgan fingerprint density at radius 3 is 1.15 bits per heavy atom. The van der Waals surface area contributed by atoms with E-state index in [2.05, 4.69) is 0 Å². The van der Waals surface area contributed by atoms with Gasteiger partial charge in [0.2, 0.25) is 0 Å². The molecule has 76 valence electrons. The first-order chi connectivity index (χ1) is 5.46. The molecule has 0 saturated heterocycles. The summed E-state index contributed by atoms with van der Waals surface area (Å²) in [6.45, 7) is 0. The molecule has 0 N–H and O–H groups in total. The van der Waals surface area contributed by atoms with Gasteiger partial charge in [-0.1, -0.05) is 0 Å². The Kier molecular flexibility index (Phi) is 4.15. The van der Waals surface area contributed by atoms with E-state index in [1.54, 1.807) is 0 Å². The second-order valence-corrected chi connectivity index (χ2v) is 1.69. The van der Waals surface area contributed by atoms with Crippen LogP contribution >= 0.6 is 0 Å². The monoisotopic (exact) mass is 288 g/mol. The molecule has 0 bridgehead atoms. The molecule has 0 nitrogen and oxygen atoms in total. The summed E-state index contributed by atoms with van der Waals surface area (Å²) >= 11 is 0. The number of hydrogen-bond donors (Lipinski definition) is 0. The Morgan fingerprint density at radius 1 is 0.615 bits per heavy atom. The van der Waals surface area contributed by atoms with Crippen LogP contribution in [0.2, 0.25) is 0 Å². The summed E-state index contributed by atoms with van der Waals surface area (Å²) in [6, 6.07) is 0. The van der Waals surface area contributed by atoms with Gasteiger partial charge in [0, 0.05) is 0 Å². The van der Waals surface area contributed by atoms with Crippen LogP contribution in [-0.4, -0.2) is 7.85 Å². The second kappa shape index (κ2) is 4.26. The summed E-state index contributed by atoms with van der Waals surface area (Å²) in [5.41, 5.74) is -0.619. The number of benzene rings is 1. The predicted octanol–water partition coefficient (Wildman–Crippen LogP) is 0.370. The Balaban J connectivity index is 0.00000144. The maximum absolute atomic E-state index is 12.5. The van der Waals surface area contributed by atoms with Crippen molar-refractivity contribution in [2.24, 2.45) is 0 Å². The smallest absolute Gasteiger partial charge is 0.207 e. The predicted molar refractivity (Wildman–Crippen MR) is 35.8 cm³/mol. The molecule has 1 aromatic carbocycles. The van der Waals surface area contributed by atoms with Crippen molar-refractivity contribution in [3.05, 3.63) is 29.1 Å². The van der Waals surface area contributed by atoms with Gasteiger partial charge in [0.05, 0.1) is 0 Å². The van der Waals surface area contributed by atoms with E-state index < -0.39 is 42.4 Å². The molecule has 7 heteroatoms. The van der Waals surface area contributed by atoms with Gasteiger partial charge < -0.3 is 0 Å². The van der Waals surface area contributed by atoms with Gasteiger partial charge in [-0.25, -0.2) is 22.0 Å². The van der Waals surface area contributed by atoms with Gasteiger partial charge in [0.1, 0.15) is 11.6 Å². The van der Waals surface area contributed by atoms with Gasteiger partial charge in [0.15, 0.2) is 17.5 Å². The molecule has 0 aromatic heterocycles. The topological polar surface area (TPSA) is 0 Å². The summed E-state index contributed by atoms with van der Waals surface area (Å²) < 4.78 is 61.8. The van der Waals surface area contributed by atoms with Crippen molar-refractivity contribution in [2.45, 2.75) is 0 Å². The van der Waals surface area contributed by atoms with Crippen LogP contribution in [0.15, 0.2) is 0 Å². The first-order valence-electron chi connectivity index (χ1n) is 2.44. The molecule has 0 unspecified atom stereocenters. The van der Waals surface area contributed by atoms with E-state index in [0.717, 1.165) is 0 Å². The van der Waals surface area contributed by atoms with Crippen molar-refractivity contribution < 1.29 is 44.3 Å². The number of halogens is 5. The van der Waals surface area contributed by atoms with Crippen LogP contribution in [0.4, 0.5) is 22.0 Å². The van der Waals surface area contributed by atoms with E-state index in [-0.39, 0.29) is 22.4 Å². The third kappa shape index (κ3) is 1.95. The van der Waals surface area contributed by atoms with Gasteiger partial charge in [-0.15, -0.1) is 5.46 Å². The van der Waals surface area contributed by atoms with Crippen LogP contribution in [0.3, 0.4) is 0 Å². The number of rotatable bonds is 0. The summed E-state index contributed by atoms with van der Waals surface area (Å²) in [4.78, 5) is 0. The van der Waals surface area contributed by atoms with E-state index in [1.807, 2.05) is 0 Å². The Labute approximate surface area is 87.0 Å². The molecule has 0 aliphatic heterocycles. The third-order valence-electron chi connectivity index (χ3n) is 0.990. The van der Waals surface area contributed by atoms with Gasteiger partial charge in [0.25, 0.3) is 0 Å². The Morgan fingerprint density at radius 2 is 0.846 bits per heavy atom. The van der Waals surface area contributed by atoms with Crippen molar-refractivity contribution in [2.75, 3.05) is 0 Å². The Bertz CT molecular complexity index is 235. The van der Waals surface area contributed by atoms with Crippen LogP contribution in [0, 0.1) is 29.1 Å². The molecule has 0 heterocycles. The first kappa shape index (κ1) is 12.7. The molecule has 0 atom stereocenters. The minimum absolute atomic E-state index is 0. The molecule has 0 radical (unpaired) electrons. The van der Waals surface area contributed by atoms with Crippen molar-refractivity contribution >= 4 is 13.3 Å². The maximum atomic E-state index is 12.5. The molecule has 13 heavy (non-hydrogen) atoms. The number of hydrogen-bond acceptors (Lipinski definition) is 0. The summed E-state index contributed by atoms with van der Waals surface area (Å²) in [5.74, 6) is -9.13. The van der Waals surface area contributed by atoms with Crippen LogP contribution in [0.1, 0.15) is 0 Å². The van der Waals surface area contributed by atoms with Crippen molar-refractivity contribution in [1.82, 2.24) is 0 Å². The maximum Gasteiger partial charge on any atom is 1.00 e. The zero-order valence-corrected chi connectivity index (χ0v) is 6.67. The normalized spacial score (nSPS) is 9.69. The summed E-state index contributed by atoms with van der Waals surface area (Å²) in [6.07, 6.45) is 0. The summed E-state index contributed by atoms with van der Waals surface area (Å²) in [7, 11) is -1.05. The molecule has 0 fully saturated rings. The van der Waals surface area contributed by atoms with Crippen LogP contribution in [0.5, 0.6) is 0 Å². The second-order valence-electron chi connectivity index (χ2n) is 1.69. The standard InChI is InChI=1S/C6H3BF5.Ag/c7-1-2(8)4(10)6(12)5(11)3(1)9;/h7H3;/q-1;+1. The molecule has 0 saturated carbocycles. The van der Waals surface area contributed by atoms with Gasteiger partial charge in [-0.05, 0) is 7.85 Å². The van der Waals surface area contributed by atoms with E-state index in [1.165, 1.54) is 0 Å². The molecule has 1 rings (SSSR count).